The largest absolute Gasteiger partial charge is 0.357 e. The molecule has 26 heavy (non-hydrogen) atoms. The van der Waals surface area contributed by atoms with Crippen molar-refractivity contribution in [2.75, 3.05) is 26.7 Å². The number of guanidine groups is 1. The molecule has 0 bridgehead atoms. The van der Waals surface area contributed by atoms with Crippen molar-refractivity contribution < 1.29 is 9.32 Å². The zero-order valence-electron chi connectivity index (χ0n) is 16.9. The van der Waals surface area contributed by atoms with E-state index in [0.29, 0.717) is 30.6 Å². The second-order valence-electron chi connectivity index (χ2n) is 7.34. The lowest BCUT2D eigenvalue weighted by Gasteiger charge is -2.25. The third-order valence-electron chi connectivity index (χ3n) is 3.18. The summed E-state index contributed by atoms with van der Waals surface area (Å²) in [5.41, 5.74) is -0.251. The van der Waals surface area contributed by atoms with Gasteiger partial charge >= 0.3 is 0 Å². The van der Waals surface area contributed by atoms with Gasteiger partial charge in [-0.3, -0.25) is 9.79 Å². The van der Waals surface area contributed by atoms with Gasteiger partial charge in [0, 0.05) is 31.5 Å². The van der Waals surface area contributed by atoms with Crippen molar-refractivity contribution in [3.8, 4) is 0 Å². The van der Waals surface area contributed by atoms with Crippen LogP contribution in [0.4, 0.5) is 0 Å². The first kappa shape index (κ1) is 24.6. The molecule has 2 N–H and O–H groups in total. The van der Waals surface area contributed by atoms with Crippen molar-refractivity contribution in [2.45, 2.75) is 59.4 Å². The van der Waals surface area contributed by atoms with E-state index in [-0.39, 0.29) is 47.9 Å². The minimum atomic E-state index is -0.251. The average Bonchev–Trinajstić information content (AvgIpc) is 2.93. The van der Waals surface area contributed by atoms with Crippen LogP contribution in [0.3, 0.4) is 0 Å². The number of hydrogen-bond donors (Lipinski definition) is 2. The molecule has 1 amide bonds. The number of nitrogens with one attached hydrogen (secondary N) is 2. The Bertz CT molecular complexity index is 580. The van der Waals surface area contributed by atoms with Gasteiger partial charge < -0.3 is 20.1 Å². The lowest BCUT2D eigenvalue weighted by atomic mass is 10.1. The van der Waals surface area contributed by atoms with Crippen LogP contribution in [-0.2, 0) is 11.2 Å². The fourth-order valence-corrected chi connectivity index (χ4v) is 2.08. The summed E-state index contributed by atoms with van der Waals surface area (Å²) in [7, 11) is 1.84. The number of aliphatic imine (C=N–C) groups is 1. The molecule has 0 radical (unpaired) electrons. The summed E-state index contributed by atoms with van der Waals surface area (Å²) in [6.07, 6.45) is 0.566. The summed E-state index contributed by atoms with van der Waals surface area (Å²) in [6.45, 7) is 13.4. The first-order valence-corrected chi connectivity index (χ1v) is 8.75. The quantitative estimate of drug-likeness (QED) is 0.353. The van der Waals surface area contributed by atoms with Gasteiger partial charge in [0.25, 0.3) is 0 Å². The summed E-state index contributed by atoms with van der Waals surface area (Å²) in [4.78, 5) is 22.8. The minimum Gasteiger partial charge on any atom is -0.357 e. The van der Waals surface area contributed by atoms with Crippen molar-refractivity contribution in [3.63, 3.8) is 0 Å². The molecular formula is C17H33IN6O2. The second kappa shape index (κ2) is 11.3. The lowest BCUT2D eigenvalue weighted by Crippen LogP contribution is -2.48. The Morgan fingerprint density at radius 3 is 2.50 bits per heavy atom. The first-order valence-electron chi connectivity index (χ1n) is 8.75. The fraction of sp³-hybridized carbons (Fsp3) is 0.765. The van der Waals surface area contributed by atoms with Crippen LogP contribution in [-0.4, -0.2) is 59.1 Å². The highest BCUT2D eigenvalue weighted by Gasteiger charge is 2.17. The normalized spacial score (nSPS) is 11.9. The minimum absolute atomic E-state index is 0. The van der Waals surface area contributed by atoms with Crippen molar-refractivity contribution >= 4 is 35.8 Å². The van der Waals surface area contributed by atoms with Crippen LogP contribution in [0.2, 0.25) is 0 Å². The van der Waals surface area contributed by atoms with E-state index in [9.17, 15) is 4.79 Å². The highest BCUT2D eigenvalue weighted by atomic mass is 127. The number of nitrogens with zero attached hydrogens (tertiary/aromatic N) is 4. The predicted octanol–water partition coefficient (Wildman–Crippen LogP) is 2.17. The van der Waals surface area contributed by atoms with Gasteiger partial charge in [0.1, 0.15) is 0 Å². The zero-order valence-corrected chi connectivity index (χ0v) is 19.2. The number of carbonyl (C=O) groups is 1. The van der Waals surface area contributed by atoms with Gasteiger partial charge in [0.05, 0.1) is 13.1 Å². The third kappa shape index (κ3) is 9.35. The molecule has 1 rings (SSSR count). The van der Waals surface area contributed by atoms with Crippen molar-refractivity contribution in [3.05, 3.63) is 11.7 Å². The highest BCUT2D eigenvalue weighted by Crippen LogP contribution is 2.09. The number of carbonyl (C=O) groups excluding carboxylic acids is 1. The monoisotopic (exact) mass is 480 g/mol. The van der Waals surface area contributed by atoms with Gasteiger partial charge in [-0.1, -0.05) is 19.0 Å². The maximum Gasteiger partial charge on any atom is 0.240 e. The van der Waals surface area contributed by atoms with Crippen LogP contribution in [0.25, 0.3) is 0 Å². The van der Waals surface area contributed by atoms with E-state index < -0.39 is 0 Å². The summed E-state index contributed by atoms with van der Waals surface area (Å²) in [5, 5.41) is 10.1. The molecule has 1 aromatic rings. The van der Waals surface area contributed by atoms with E-state index in [2.05, 4.69) is 25.8 Å². The van der Waals surface area contributed by atoms with Gasteiger partial charge in [-0.05, 0) is 27.7 Å². The molecule has 0 saturated carbocycles. The van der Waals surface area contributed by atoms with Crippen LogP contribution >= 0.6 is 24.0 Å². The smallest absolute Gasteiger partial charge is 0.240 e. The van der Waals surface area contributed by atoms with Crippen LogP contribution < -0.4 is 10.6 Å². The summed E-state index contributed by atoms with van der Waals surface area (Å²) in [6, 6.07) is 0. The molecule has 0 atom stereocenters. The van der Waals surface area contributed by atoms with Crippen LogP contribution in [0, 0.1) is 0 Å². The molecule has 0 unspecified atom stereocenters. The van der Waals surface area contributed by atoms with Crippen LogP contribution in [0.1, 0.15) is 59.2 Å². The molecule has 1 aromatic heterocycles. The van der Waals surface area contributed by atoms with Crippen LogP contribution in [0.5, 0.6) is 0 Å². The summed E-state index contributed by atoms with van der Waals surface area (Å²) < 4.78 is 5.22. The van der Waals surface area contributed by atoms with Gasteiger partial charge in [-0.2, -0.15) is 4.98 Å². The predicted molar refractivity (Wildman–Crippen MR) is 114 cm³/mol. The van der Waals surface area contributed by atoms with E-state index in [1.165, 1.54) is 0 Å². The molecule has 0 aliphatic carbocycles. The van der Waals surface area contributed by atoms with Gasteiger partial charge in [-0.25, -0.2) is 0 Å². The number of amides is 1. The number of likely N-dealkylation sites (N-methyl/N-ethyl adjacent to an activating group) is 1. The molecule has 0 spiro atoms. The second-order valence-corrected chi connectivity index (χ2v) is 7.34. The Morgan fingerprint density at radius 2 is 2.00 bits per heavy atom. The molecule has 0 fully saturated rings. The SMILES string of the molecule is CCNC(=NCCc1nc(C(C)C)no1)N(C)CC(=O)NC(C)(C)C.I. The van der Waals surface area contributed by atoms with E-state index in [4.69, 9.17) is 4.52 Å². The van der Waals surface area contributed by atoms with E-state index in [1.807, 2.05) is 48.6 Å². The van der Waals surface area contributed by atoms with Crippen molar-refractivity contribution in [1.29, 1.82) is 0 Å². The maximum absolute atomic E-state index is 12.1. The molecule has 0 aliphatic heterocycles. The van der Waals surface area contributed by atoms with Gasteiger partial charge in [0.15, 0.2) is 11.8 Å². The number of rotatable bonds is 7. The molecule has 150 valence electrons. The Balaban J connectivity index is 0.00000625. The number of aromatic nitrogens is 2. The molecule has 0 aromatic carbocycles. The molecular weight excluding hydrogens is 447 g/mol. The molecule has 8 nitrogen and oxygen atoms in total. The molecule has 0 saturated heterocycles. The van der Waals surface area contributed by atoms with Gasteiger partial charge in [0.2, 0.25) is 11.8 Å². The molecule has 9 heteroatoms. The lowest BCUT2D eigenvalue weighted by molar-refractivity contribution is -0.122. The highest BCUT2D eigenvalue weighted by molar-refractivity contribution is 14.0. The van der Waals surface area contributed by atoms with Crippen molar-refractivity contribution in [2.24, 2.45) is 4.99 Å². The average molecular weight is 480 g/mol. The molecule has 0 aliphatic rings. The Hall–Kier alpha value is -1.39. The Labute approximate surface area is 173 Å². The summed E-state index contributed by atoms with van der Waals surface area (Å²) >= 11 is 0. The Kier molecular flexibility index (Phi) is 10.7. The standard InChI is InChI=1S/C17H32N6O2.HI/c1-8-18-16(23(7)11-13(24)21-17(4,5)6)19-10-9-14-20-15(12(2)3)22-25-14;/h12H,8-11H2,1-7H3,(H,18,19)(H,21,24);1H. The third-order valence-corrected chi connectivity index (χ3v) is 3.18. The van der Waals surface area contributed by atoms with E-state index in [1.54, 1.807) is 4.90 Å². The fourth-order valence-electron chi connectivity index (χ4n) is 2.08. The maximum atomic E-state index is 12.1. The van der Waals surface area contributed by atoms with Gasteiger partial charge in [-0.15, -0.1) is 24.0 Å². The van der Waals surface area contributed by atoms with Crippen molar-refractivity contribution in [1.82, 2.24) is 25.7 Å². The topological polar surface area (TPSA) is 95.7 Å². The zero-order chi connectivity index (χ0) is 19.0. The first-order chi connectivity index (χ1) is 11.6. The van der Waals surface area contributed by atoms with Crippen LogP contribution in [0.15, 0.2) is 9.52 Å². The number of hydrogen-bond acceptors (Lipinski definition) is 5. The van der Waals surface area contributed by atoms with E-state index >= 15 is 0 Å². The summed E-state index contributed by atoms with van der Waals surface area (Å²) in [5.74, 6) is 2.17. The molecule has 1 heterocycles. The Morgan fingerprint density at radius 1 is 1.35 bits per heavy atom. The number of halogens is 1. The van der Waals surface area contributed by atoms with E-state index in [0.717, 1.165) is 6.54 Å².